The fourth-order valence-corrected chi connectivity index (χ4v) is 1.62. The number of fused-ring (bicyclic) bond motifs is 1. The second-order valence-electron chi connectivity index (χ2n) is 4.34. The van der Waals surface area contributed by atoms with Gasteiger partial charge in [-0.25, -0.2) is 0 Å². The third kappa shape index (κ3) is 2.87. The molecule has 1 atom stereocenters. The van der Waals surface area contributed by atoms with Gasteiger partial charge in [-0.3, -0.25) is 4.39 Å². The molecule has 0 saturated heterocycles. The Hall–Kier alpha value is -1.77. The molecule has 0 radical (unpaired) electrons. The zero-order valence-corrected chi connectivity index (χ0v) is 9.82. The molecule has 2 rings (SSSR count). The summed E-state index contributed by atoms with van der Waals surface area (Å²) < 4.78 is 17.8. The summed E-state index contributed by atoms with van der Waals surface area (Å²) in [5.74, 6) is 0.676. The lowest BCUT2D eigenvalue weighted by molar-refractivity contribution is 0.229. The van der Waals surface area contributed by atoms with E-state index in [9.17, 15) is 4.39 Å². The van der Waals surface area contributed by atoms with E-state index in [1.807, 2.05) is 43.3 Å². The summed E-state index contributed by atoms with van der Waals surface area (Å²) >= 11 is 0. The summed E-state index contributed by atoms with van der Waals surface area (Å²) in [6.45, 7) is 1.85. The van der Waals surface area contributed by atoms with E-state index < -0.39 is 0 Å². The number of alkyl halides is 1. The van der Waals surface area contributed by atoms with Crippen LogP contribution in [0.1, 0.15) is 6.92 Å². The third-order valence-electron chi connectivity index (χ3n) is 2.63. The molecule has 0 bridgehead atoms. The number of ether oxygens (including phenoxy) is 1. The first kappa shape index (κ1) is 11.7. The van der Waals surface area contributed by atoms with E-state index in [2.05, 4.69) is 0 Å². The molecule has 0 aliphatic rings. The van der Waals surface area contributed by atoms with Gasteiger partial charge in [0.25, 0.3) is 0 Å². The van der Waals surface area contributed by atoms with Crippen molar-refractivity contribution >= 4 is 16.5 Å². The van der Waals surface area contributed by atoms with Crippen LogP contribution in [0.3, 0.4) is 0 Å². The third-order valence-corrected chi connectivity index (χ3v) is 2.63. The zero-order valence-electron chi connectivity index (χ0n) is 9.82. The highest BCUT2D eigenvalue weighted by Crippen LogP contribution is 2.23. The van der Waals surface area contributed by atoms with Gasteiger partial charge in [0.05, 0.1) is 13.3 Å². The number of anilines is 1. The minimum atomic E-state index is -0.361. The van der Waals surface area contributed by atoms with Crippen LogP contribution in [0.4, 0.5) is 10.1 Å². The largest absolute Gasteiger partial charge is 0.493 e. The Balaban J connectivity index is 2.19. The lowest BCUT2D eigenvalue weighted by Gasteiger charge is -2.10. The molecule has 1 unspecified atom stereocenters. The van der Waals surface area contributed by atoms with Gasteiger partial charge in [-0.15, -0.1) is 0 Å². The Morgan fingerprint density at radius 2 is 1.94 bits per heavy atom. The maximum Gasteiger partial charge on any atom is 0.119 e. The molecular formula is C14H16FNO. The molecule has 0 fully saturated rings. The second kappa shape index (κ2) is 5.04. The minimum absolute atomic E-state index is 0.0773. The predicted octanol–water partition coefficient (Wildman–Crippen LogP) is 3.41. The molecular weight excluding hydrogens is 217 g/mol. The summed E-state index contributed by atoms with van der Waals surface area (Å²) in [5.41, 5.74) is 6.46. The van der Waals surface area contributed by atoms with Crippen LogP contribution in [0, 0.1) is 5.92 Å². The molecule has 0 aliphatic heterocycles. The predicted molar refractivity (Wildman–Crippen MR) is 69.0 cm³/mol. The first-order chi connectivity index (χ1) is 8.19. The number of hydrogen-bond donors (Lipinski definition) is 1. The lowest BCUT2D eigenvalue weighted by Crippen LogP contribution is -2.09. The molecule has 17 heavy (non-hydrogen) atoms. The summed E-state index contributed by atoms with van der Waals surface area (Å²) in [6.07, 6.45) is 0. The lowest BCUT2D eigenvalue weighted by atomic mass is 10.1. The SMILES string of the molecule is CC(CF)COc1ccc2ccc(N)cc2c1. The summed E-state index contributed by atoms with van der Waals surface area (Å²) in [7, 11) is 0. The molecule has 0 saturated carbocycles. The fourth-order valence-electron chi connectivity index (χ4n) is 1.62. The van der Waals surface area contributed by atoms with Crippen LogP contribution in [0.15, 0.2) is 36.4 Å². The standard InChI is InChI=1S/C14H16FNO/c1-10(8-15)9-17-14-5-3-11-2-4-13(16)6-12(11)7-14/h2-7,10H,8-9,16H2,1H3. The molecule has 3 heteroatoms. The van der Waals surface area contributed by atoms with Gasteiger partial charge >= 0.3 is 0 Å². The topological polar surface area (TPSA) is 35.2 Å². The molecule has 2 N–H and O–H groups in total. The molecule has 0 aliphatic carbocycles. The van der Waals surface area contributed by atoms with E-state index in [1.54, 1.807) is 0 Å². The van der Waals surface area contributed by atoms with E-state index in [-0.39, 0.29) is 12.6 Å². The normalized spacial score (nSPS) is 12.6. The van der Waals surface area contributed by atoms with Crippen LogP contribution in [0.2, 0.25) is 0 Å². The number of halogens is 1. The quantitative estimate of drug-likeness (QED) is 0.821. The zero-order chi connectivity index (χ0) is 12.3. The van der Waals surface area contributed by atoms with Crippen LogP contribution < -0.4 is 10.5 Å². The van der Waals surface area contributed by atoms with Crippen LogP contribution >= 0.6 is 0 Å². The van der Waals surface area contributed by atoms with Crippen molar-refractivity contribution in [3.63, 3.8) is 0 Å². The molecule has 90 valence electrons. The van der Waals surface area contributed by atoms with Crippen molar-refractivity contribution < 1.29 is 9.13 Å². The molecule has 0 spiro atoms. The smallest absolute Gasteiger partial charge is 0.119 e. The van der Waals surface area contributed by atoms with E-state index in [1.165, 1.54) is 0 Å². The highest BCUT2D eigenvalue weighted by molar-refractivity contribution is 5.86. The van der Waals surface area contributed by atoms with Crippen molar-refractivity contribution in [1.29, 1.82) is 0 Å². The van der Waals surface area contributed by atoms with Crippen molar-refractivity contribution in [3.8, 4) is 5.75 Å². The summed E-state index contributed by atoms with van der Waals surface area (Å²) in [4.78, 5) is 0. The van der Waals surface area contributed by atoms with Gasteiger partial charge in [0.1, 0.15) is 5.75 Å². The number of hydrogen-bond acceptors (Lipinski definition) is 2. The van der Waals surface area contributed by atoms with Gasteiger partial charge in [-0.1, -0.05) is 19.1 Å². The fraction of sp³-hybridized carbons (Fsp3) is 0.286. The molecule has 0 heterocycles. The second-order valence-corrected chi connectivity index (χ2v) is 4.34. The van der Waals surface area contributed by atoms with Crippen molar-refractivity contribution in [3.05, 3.63) is 36.4 Å². The van der Waals surface area contributed by atoms with Gasteiger partial charge in [0.2, 0.25) is 0 Å². The van der Waals surface area contributed by atoms with Gasteiger partial charge < -0.3 is 10.5 Å². The highest BCUT2D eigenvalue weighted by Gasteiger charge is 2.03. The van der Waals surface area contributed by atoms with Crippen LogP contribution in [0.25, 0.3) is 10.8 Å². The number of nitrogens with two attached hydrogens (primary N) is 1. The van der Waals surface area contributed by atoms with Crippen molar-refractivity contribution in [2.75, 3.05) is 19.0 Å². The first-order valence-electron chi connectivity index (χ1n) is 5.67. The average Bonchev–Trinajstić information content (AvgIpc) is 2.35. The van der Waals surface area contributed by atoms with Crippen LogP contribution in [-0.4, -0.2) is 13.3 Å². The molecule has 2 aromatic rings. The Morgan fingerprint density at radius 3 is 2.71 bits per heavy atom. The summed E-state index contributed by atoms with van der Waals surface area (Å²) in [6, 6.07) is 11.5. The average molecular weight is 233 g/mol. The molecule has 0 amide bonds. The van der Waals surface area contributed by atoms with Crippen LogP contribution in [-0.2, 0) is 0 Å². The maximum absolute atomic E-state index is 12.3. The van der Waals surface area contributed by atoms with Gasteiger partial charge in [-0.05, 0) is 35.0 Å². The number of benzene rings is 2. The van der Waals surface area contributed by atoms with Gasteiger partial charge in [0.15, 0.2) is 0 Å². The van der Waals surface area contributed by atoms with E-state index >= 15 is 0 Å². The van der Waals surface area contributed by atoms with Gasteiger partial charge in [0, 0.05) is 11.6 Å². The molecule has 2 nitrogen and oxygen atoms in total. The van der Waals surface area contributed by atoms with E-state index in [4.69, 9.17) is 10.5 Å². The molecule has 2 aromatic carbocycles. The number of nitrogen functional groups attached to an aromatic ring is 1. The van der Waals surface area contributed by atoms with Crippen LogP contribution in [0.5, 0.6) is 5.75 Å². The Kier molecular flexibility index (Phi) is 3.47. The van der Waals surface area contributed by atoms with E-state index in [0.717, 1.165) is 22.2 Å². The van der Waals surface area contributed by atoms with Crippen molar-refractivity contribution in [2.45, 2.75) is 6.92 Å². The minimum Gasteiger partial charge on any atom is -0.493 e. The van der Waals surface area contributed by atoms with E-state index in [0.29, 0.717) is 6.61 Å². The highest BCUT2D eigenvalue weighted by atomic mass is 19.1. The maximum atomic E-state index is 12.3. The van der Waals surface area contributed by atoms with Crippen molar-refractivity contribution in [1.82, 2.24) is 0 Å². The van der Waals surface area contributed by atoms with Gasteiger partial charge in [-0.2, -0.15) is 0 Å². The van der Waals surface area contributed by atoms with Crippen molar-refractivity contribution in [2.24, 2.45) is 5.92 Å². The molecule has 0 aromatic heterocycles. The number of rotatable bonds is 4. The first-order valence-corrected chi connectivity index (χ1v) is 5.67. The monoisotopic (exact) mass is 233 g/mol. The Bertz CT molecular complexity index is 513. The summed E-state index contributed by atoms with van der Waals surface area (Å²) in [5, 5.41) is 2.15. The Morgan fingerprint density at radius 1 is 1.18 bits per heavy atom. The Labute approximate surface area is 100 Å².